The fraction of sp³-hybridized carbons (Fsp3) is 0.308. The second kappa shape index (κ2) is 7.46. The highest BCUT2D eigenvalue weighted by Crippen LogP contribution is 2.02. The van der Waals surface area contributed by atoms with Gasteiger partial charge in [-0.15, -0.1) is 0 Å². The van der Waals surface area contributed by atoms with E-state index >= 15 is 0 Å². The molecule has 0 heterocycles. The van der Waals surface area contributed by atoms with Crippen molar-refractivity contribution >= 4 is 5.97 Å². The topological polar surface area (TPSA) is 55.8 Å². The lowest BCUT2D eigenvalue weighted by atomic mass is 10.2. The first-order valence-corrected chi connectivity index (χ1v) is 5.37. The predicted molar refractivity (Wildman–Crippen MR) is 63.3 cm³/mol. The summed E-state index contributed by atoms with van der Waals surface area (Å²) in [6.45, 7) is 3.58. The smallest absolute Gasteiger partial charge is 0.372 e. The molecule has 17 heavy (non-hydrogen) atoms. The largest absolute Gasteiger partial charge is 0.485 e. The fourth-order valence-electron chi connectivity index (χ4n) is 1.21. The molecule has 0 saturated carbocycles. The molecule has 0 radical (unpaired) electrons. The molecule has 92 valence electrons. The van der Waals surface area contributed by atoms with Gasteiger partial charge in [0.15, 0.2) is 5.76 Å². The molecule has 1 N–H and O–H groups in total. The van der Waals surface area contributed by atoms with Gasteiger partial charge in [-0.25, -0.2) is 4.79 Å². The quantitative estimate of drug-likeness (QED) is 0.440. The van der Waals surface area contributed by atoms with E-state index in [-0.39, 0.29) is 25.6 Å². The van der Waals surface area contributed by atoms with Crippen LogP contribution in [0.5, 0.6) is 0 Å². The Kier molecular flexibility index (Phi) is 5.82. The van der Waals surface area contributed by atoms with Gasteiger partial charge in [0.05, 0.1) is 13.2 Å². The predicted octanol–water partition coefficient (Wildman–Crippen LogP) is 1.29. The van der Waals surface area contributed by atoms with E-state index in [4.69, 9.17) is 14.6 Å². The van der Waals surface area contributed by atoms with Gasteiger partial charge in [0.1, 0.15) is 6.61 Å². The molecule has 1 aromatic carbocycles. The SMILES string of the molecule is C=C(OCCO)C(=O)OCCc1ccccc1. The third kappa shape index (κ3) is 5.17. The number of aliphatic hydroxyl groups excluding tert-OH is 1. The Morgan fingerprint density at radius 3 is 2.53 bits per heavy atom. The Morgan fingerprint density at radius 2 is 1.88 bits per heavy atom. The maximum atomic E-state index is 11.3. The molecule has 0 unspecified atom stereocenters. The van der Waals surface area contributed by atoms with Crippen LogP contribution in [0.4, 0.5) is 0 Å². The summed E-state index contributed by atoms with van der Waals surface area (Å²) in [4.78, 5) is 11.3. The molecule has 0 aliphatic carbocycles. The first-order chi connectivity index (χ1) is 8.24. The zero-order valence-electron chi connectivity index (χ0n) is 9.59. The lowest BCUT2D eigenvalue weighted by Gasteiger charge is -2.07. The van der Waals surface area contributed by atoms with Crippen molar-refractivity contribution in [2.75, 3.05) is 19.8 Å². The van der Waals surface area contributed by atoms with Crippen molar-refractivity contribution in [2.45, 2.75) is 6.42 Å². The fourth-order valence-corrected chi connectivity index (χ4v) is 1.21. The van der Waals surface area contributed by atoms with E-state index in [0.717, 1.165) is 5.56 Å². The molecule has 0 atom stereocenters. The third-order valence-corrected chi connectivity index (χ3v) is 2.06. The van der Waals surface area contributed by atoms with E-state index in [2.05, 4.69) is 6.58 Å². The molecule has 0 saturated heterocycles. The molecule has 0 fully saturated rings. The van der Waals surface area contributed by atoms with Gasteiger partial charge in [0.2, 0.25) is 0 Å². The molecule has 1 rings (SSSR count). The lowest BCUT2D eigenvalue weighted by Crippen LogP contribution is -2.13. The monoisotopic (exact) mass is 236 g/mol. The van der Waals surface area contributed by atoms with Crippen molar-refractivity contribution in [2.24, 2.45) is 0 Å². The molecular weight excluding hydrogens is 220 g/mol. The molecule has 0 aromatic heterocycles. The van der Waals surface area contributed by atoms with E-state index in [1.165, 1.54) is 0 Å². The van der Waals surface area contributed by atoms with Gasteiger partial charge >= 0.3 is 5.97 Å². The molecular formula is C13H16O4. The summed E-state index contributed by atoms with van der Waals surface area (Å²) in [6, 6.07) is 9.72. The van der Waals surface area contributed by atoms with E-state index < -0.39 is 5.97 Å². The number of benzene rings is 1. The van der Waals surface area contributed by atoms with Crippen molar-refractivity contribution in [3.8, 4) is 0 Å². The number of esters is 1. The summed E-state index contributed by atoms with van der Waals surface area (Å²) in [6.07, 6.45) is 0.653. The van der Waals surface area contributed by atoms with E-state index in [1.807, 2.05) is 30.3 Å². The van der Waals surface area contributed by atoms with Crippen LogP contribution in [0.1, 0.15) is 5.56 Å². The summed E-state index contributed by atoms with van der Waals surface area (Å²) in [5.41, 5.74) is 1.10. The average Bonchev–Trinajstić information content (AvgIpc) is 2.37. The van der Waals surface area contributed by atoms with Crippen LogP contribution < -0.4 is 0 Å². The van der Waals surface area contributed by atoms with Crippen LogP contribution in [0.25, 0.3) is 0 Å². The van der Waals surface area contributed by atoms with E-state index in [1.54, 1.807) is 0 Å². The molecule has 0 spiro atoms. The molecule has 0 amide bonds. The van der Waals surface area contributed by atoms with Crippen molar-refractivity contribution < 1.29 is 19.4 Å². The minimum Gasteiger partial charge on any atom is -0.485 e. The van der Waals surface area contributed by atoms with Crippen molar-refractivity contribution in [1.82, 2.24) is 0 Å². The van der Waals surface area contributed by atoms with Gasteiger partial charge in [0.25, 0.3) is 0 Å². The third-order valence-electron chi connectivity index (χ3n) is 2.06. The number of hydrogen-bond acceptors (Lipinski definition) is 4. The highest BCUT2D eigenvalue weighted by atomic mass is 16.6. The van der Waals surface area contributed by atoms with Crippen molar-refractivity contribution in [1.29, 1.82) is 0 Å². The minimum atomic E-state index is -0.589. The van der Waals surface area contributed by atoms with Crippen LogP contribution in [0.2, 0.25) is 0 Å². The van der Waals surface area contributed by atoms with Gasteiger partial charge in [0, 0.05) is 6.42 Å². The van der Waals surface area contributed by atoms with Crippen LogP contribution in [0.15, 0.2) is 42.7 Å². The molecule has 1 aromatic rings. The van der Waals surface area contributed by atoms with Crippen LogP contribution in [0, 0.1) is 0 Å². The standard InChI is InChI=1S/C13H16O4/c1-11(16-10-8-14)13(15)17-9-7-12-5-3-2-4-6-12/h2-6,14H,1,7-10H2. The first-order valence-electron chi connectivity index (χ1n) is 5.37. The number of rotatable bonds is 7. The Balaban J connectivity index is 2.22. The van der Waals surface area contributed by atoms with Crippen LogP contribution in [-0.4, -0.2) is 30.9 Å². The number of ether oxygens (including phenoxy) is 2. The summed E-state index contributed by atoms with van der Waals surface area (Å²) < 4.78 is 9.80. The van der Waals surface area contributed by atoms with E-state index in [0.29, 0.717) is 6.42 Å². The summed E-state index contributed by atoms with van der Waals surface area (Å²) >= 11 is 0. The average molecular weight is 236 g/mol. The number of aliphatic hydroxyl groups is 1. The maximum absolute atomic E-state index is 11.3. The van der Waals surface area contributed by atoms with Gasteiger partial charge in [-0.05, 0) is 12.1 Å². The second-order valence-electron chi connectivity index (χ2n) is 3.37. The zero-order valence-corrected chi connectivity index (χ0v) is 9.59. The molecule has 4 nitrogen and oxygen atoms in total. The van der Waals surface area contributed by atoms with E-state index in [9.17, 15) is 4.79 Å². The van der Waals surface area contributed by atoms with Gasteiger partial charge in [-0.1, -0.05) is 30.3 Å². The van der Waals surface area contributed by atoms with Crippen LogP contribution >= 0.6 is 0 Å². The summed E-state index contributed by atoms with van der Waals surface area (Å²) in [5.74, 6) is -0.665. The van der Waals surface area contributed by atoms with Crippen molar-refractivity contribution in [3.63, 3.8) is 0 Å². The zero-order chi connectivity index (χ0) is 12.5. The number of carbonyl (C=O) groups is 1. The van der Waals surface area contributed by atoms with Crippen LogP contribution in [-0.2, 0) is 20.7 Å². The maximum Gasteiger partial charge on any atom is 0.372 e. The Hall–Kier alpha value is -1.81. The highest BCUT2D eigenvalue weighted by Gasteiger charge is 2.09. The van der Waals surface area contributed by atoms with Crippen LogP contribution in [0.3, 0.4) is 0 Å². The number of carbonyl (C=O) groups excluding carboxylic acids is 1. The normalized spacial score (nSPS) is 9.71. The molecule has 4 heteroatoms. The second-order valence-corrected chi connectivity index (χ2v) is 3.37. The number of hydrogen-bond donors (Lipinski definition) is 1. The van der Waals surface area contributed by atoms with Crippen molar-refractivity contribution in [3.05, 3.63) is 48.2 Å². The summed E-state index contributed by atoms with van der Waals surface area (Å²) in [7, 11) is 0. The van der Waals surface area contributed by atoms with Gasteiger partial charge < -0.3 is 14.6 Å². The molecule has 0 bridgehead atoms. The van der Waals surface area contributed by atoms with Gasteiger partial charge in [-0.3, -0.25) is 0 Å². The molecule has 0 aliphatic rings. The highest BCUT2D eigenvalue weighted by molar-refractivity contribution is 5.85. The minimum absolute atomic E-state index is 0.0482. The summed E-state index contributed by atoms with van der Waals surface area (Å²) in [5, 5.41) is 8.50. The Bertz CT molecular complexity index is 359. The van der Waals surface area contributed by atoms with Gasteiger partial charge in [-0.2, -0.15) is 0 Å². The first kappa shape index (κ1) is 13.3. The Labute approximate surface area is 100 Å². The Morgan fingerprint density at radius 1 is 1.18 bits per heavy atom. The lowest BCUT2D eigenvalue weighted by molar-refractivity contribution is -0.143. The molecule has 0 aliphatic heterocycles.